The molecular weight excluding hydrogens is 635 g/mol. The van der Waals surface area contributed by atoms with Crippen molar-refractivity contribution in [3.05, 3.63) is 95.1 Å². The van der Waals surface area contributed by atoms with Gasteiger partial charge in [0.05, 0.1) is 22.4 Å². The quantitative estimate of drug-likeness (QED) is 0.140. The van der Waals surface area contributed by atoms with Gasteiger partial charge in [-0.3, -0.25) is 0 Å². The molecule has 0 N–H and O–H groups in total. The summed E-state index contributed by atoms with van der Waals surface area (Å²) < 4.78 is 1.10. The van der Waals surface area contributed by atoms with E-state index in [0.717, 1.165) is 21.2 Å². The summed E-state index contributed by atoms with van der Waals surface area (Å²) >= 11 is 2.60. The summed E-state index contributed by atoms with van der Waals surface area (Å²) in [5.74, 6) is 1.06. The second kappa shape index (κ2) is 8.90. The predicted molar refractivity (Wildman–Crippen MR) is 189 cm³/mol. The van der Waals surface area contributed by atoms with Crippen LogP contribution in [0.4, 0.5) is 0 Å². The standard InChI is InChI=1S/C40H41IN2/c1-37(2)28(22-41)32-26-13-9-11-15-30(26)42-35(33(32)39(37,5)6)23-16-18-24(19-17-23)36-34-31(25-12-8-10-14-29(25)43-36)27-20-21-40(34,7)38(27,3)4/h8-19,27-28H,20-22H2,1-7H3. The molecular formula is C40H41IN2. The number of hydrogen-bond acceptors (Lipinski definition) is 2. The van der Waals surface area contributed by atoms with E-state index in [1.165, 1.54) is 57.1 Å². The third kappa shape index (κ3) is 3.35. The maximum absolute atomic E-state index is 5.39. The molecule has 3 atom stereocenters. The van der Waals surface area contributed by atoms with Gasteiger partial charge < -0.3 is 0 Å². The zero-order chi connectivity index (χ0) is 30.1. The van der Waals surface area contributed by atoms with Crippen molar-refractivity contribution in [3.8, 4) is 22.5 Å². The highest BCUT2D eigenvalue weighted by Crippen LogP contribution is 2.70. The molecule has 3 heteroatoms. The van der Waals surface area contributed by atoms with E-state index in [4.69, 9.17) is 9.97 Å². The van der Waals surface area contributed by atoms with Gasteiger partial charge in [0, 0.05) is 31.7 Å². The molecule has 0 aliphatic heterocycles. The topological polar surface area (TPSA) is 25.8 Å². The minimum atomic E-state index is -0.0106. The summed E-state index contributed by atoms with van der Waals surface area (Å²) in [5.41, 5.74) is 13.4. The maximum Gasteiger partial charge on any atom is 0.0750 e. The van der Waals surface area contributed by atoms with Crippen LogP contribution in [0.5, 0.6) is 0 Å². The van der Waals surface area contributed by atoms with Gasteiger partial charge in [-0.1, -0.05) is 132 Å². The molecule has 1 saturated carbocycles. The molecule has 2 nitrogen and oxygen atoms in total. The van der Waals surface area contributed by atoms with Crippen molar-refractivity contribution < 1.29 is 0 Å². The van der Waals surface area contributed by atoms with Crippen molar-refractivity contribution in [1.82, 2.24) is 9.97 Å². The molecule has 1 fully saturated rings. The minimum Gasteiger partial charge on any atom is -0.247 e. The fraction of sp³-hybridized carbons (Fsp3) is 0.400. The smallest absolute Gasteiger partial charge is 0.0750 e. The van der Waals surface area contributed by atoms with Gasteiger partial charge in [0.2, 0.25) is 0 Å². The van der Waals surface area contributed by atoms with E-state index in [1.54, 1.807) is 5.56 Å². The lowest BCUT2D eigenvalue weighted by molar-refractivity contribution is 0.194. The van der Waals surface area contributed by atoms with Gasteiger partial charge in [-0.2, -0.15) is 0 Å². The van der Waals surface area contributed by atoms with Crippen LogP contribution in [0.2, 0.25) is 0 Å². The number of halogens is 1. The first-order valence-electron chi connectivity index (χ1n) is 16.0. The van der Waals surface area contributed by atoms with Crippen LogP contribution in [-0.2, 0) is 10.8 Å². The van der Waals surface area contributed by atoms with Crippen LogP contribution < -0.4 is 0 Å². The van der Waals surface area contributed by atoms with E-state index in [2.05, 4.69) is 144 Å². The van der Waals surface area contributed by atoms with E-state index in [9.17, 15) is 0 Å². The van der Waals surface area contributed by atoms with E-state index in [-0.39, 0.29) is 21.7 Å². The van der Waals surface area contributed by atoms with Gasteiger partial charge in [0.1, 0.15) is 0 Å². The predicted octanol–water partition coefficient (Wildman–Crippen LogP) is 11.1. The summed E-state index contributed by atoms with van der Waals surface area (Å²) in [7, 11) is 0. The van der Waals surface area contributed by atoms with Crippen LogP contribution in [0.1, 0.15) is 95.4 Å². The molecule has 3 unspecified atom stereocenters. The van der Waals surface area contributed by atoms with Crippen LogP contribution >= 0.6 is 22.6 Å². The molecule has 3 aliphatic carbocycles. The van der Waals surface area contributed by atoms with Crippen LogP contribution in [0, 0.1) is 10.8 Å². The lowest BCUT2D eigenvalue weighted by Crippen LogP contribution is -2.35. The Labute approximate surface area is 269 Å². The molecule has 8 rings (SSSR count). The molecule has 3 aliphatic rings. The number of pyridine rings is 2. The van der Waals surface area contributed by atoms with E-state index in [0.29, 0.717) is 11.8 Å². The van der Waals surface area contributed by atoms with E-state index < -0.39 is 0 Å². The van der Waals surface area contributed by atoms with Crippen molar-refractivity contribution in [2.45, 2.75) is 84.0 Å². The average Bonchev–Trinajstić information content (AvgIpc) is 3.41. The van der Waals surface area contributed by atoms with Crippen molar-refractivity contribution >= 4 is 44.4 Å². The average molecular weight is 677 g/mol. The van der Waals surface area contributed by atoms with Gasteiger partial charge >= 0.3 is 0 Å². The first kappa shape index (κ1) is 27.7. The summed E-state index contributed by atoms with van der Waals surface area (Å²) in [6, 6.07) is 26.9. The van der Waals surface area contributed by atoms with Gasteiger partial charge in [-0.25, -0.2) is 9.97 Å². The number of benzene rings is 3. The Bertz CT molecular complexity index is 1970. The number of rotatable bonds is 3. The largest absolute Gasteiger partial charge is 0.247 e. The molecule has 2 aromatic heterocycles. The van der Waals surface area contributed by atoms with Crippen molar-refractivity contribution in [1.29, 1.82) is 0 Å². The maximum atomic E-state index is 5.39. The lowest BCUT2D eigenvalue weighted by Gasteiger charge is -2.39. The number of nitrogens with zero attached hydrogens (tertiary/aromatic N) is 2. The van der Waals surface area contributed by atoms with Crippen molar-refractivity contribution in [2.24, 2.45) is 10.8 Å². The fourth-order valence-corrected chi connectivity index (χ4v) is 11.0. The molecule has 0 amide bonds. The van der Waals surface area contributed by atoms with Gasteiger partial charge in [-0.05, 0) is 75.3 Å². The monoisotopic (exact) mass is 676 g/mol. The molecule has 0 radical (unpaired) electrons. The molecule has 2 heterocycles. The Kier molecular flexibility index (Phi) is 5.74. The van der Waals surface area contributed by atoms with Gasteiger partial charge in [-0.15, -0.1) is 0 Å². The molecule has 2 bridgehead atoms. The highest BCUT2D eigenvalue weighted by atomic mass is 127. The molecule has 5 aromatic rings. The van der Waals surface area contributed by atoms with Crippen LogP contribution in [-0.4, -0.2) is 14.4 Å². The number of fused-ring (bicyclic) bond motifs is 10. The number of hydrogen-bond donors (Lipinski definition) is 0. The number of alkyl halides is 1. The Morgan fingerprint density at radius 1 is 0.651 bits per heavy atom. The Balaban J connectivity index is 1.34. The Morgan fingerprint density at radius 3 is 1.72 bits per heavy atom. The van der Waals surface area contributed by atoms with Crippen LogP contribution in [0.15, 0.2) is 72.8 Å². The van der Waals surface area contributed by atoms with E-state index in [1.807, 2.05) is 0 Å². The highest BCUT2D eigenvalue weighted by Gasteiger charge is 2.61. The summed E-state index contributed by atoms with van der Waals surface area (Å²) in [6.07, 6.45) is 2.50. The first-order chi connectivity index (χ1) is 20.4. The summed E-state index contributed by atoms with van der Waals surface area (Å²) in [6.45, 7) is 17.3. The zero-order valence-corrected chi connectivity index (χ0v) is 28.6. The number of para-hydroxylation sites is 2. The Hall–Kier alpha value is -2.79. The summed E-state index contributed by atoms with van der Waals surface area (Å²) in [5, 5.41) is 2.67. The molecule has 0 saturated heterocycles. The molecule has 218 valence electrons. The van der Waals surface area contributed by atoms with Crippen LogP contribution in [0.25, 0.3) is 44.3 Å². The molecule has 43 heavy (non-hydrogen) atoms. The zero-order valence-electron chi connectivity index (χ0n) is 26.5. The third-order valence-corrected chi connectivity index (χ3v) is 13.9. The van der Waals surface area contributed by atoms with Crippen molar-refractivity contribution in [2.75, 3.05) is 4.43 Å². The second-order valence-electron chi connectivity index (χ2n) is 15.3. The van der Waals surface area contributed by atoms with Crippen LogP contribution in [0.3, 0.4) is 0 Å². The van der Waals surface area contributed by atoms with Gasteiger partial charge in [0.15, 0.2) is 0 Å². The SMILES string of the molecule is CC1(C)c2c(-c3ccc(-c4nc5ccccc5c5c4C4(C)CCC5C4(C)C)cc3)nc3ccccc3c2C(CI)C1(C)C. The first-order valence-corrected chi connectivity index (χ1v) is 17.5. The fourth-order valence-electron chi connectivity index (χ4n) is 9.44. The molecule has 3 aromatic carbocycles. The third-order valence-electron chi connectivity index (χ3n) is 13.0. The highest BCUT2D eigenvalue weighted by molar-refractivity contribution is 14.1. The van der Waals surface area contributed by atoms with Gasteiger partial charge in [0.25, 0.3) is 0 Å². The number of aromatic nitrogens is 2. The Morgan fingerprint density at radius 2 is 1.16 bits per heavy atom. The lowest BCUT2D eigenvalue weighted by atomic mass is 9.65. The summed E-state index contributed by atoms with van der Waals surface area (Å²) in [4.78, 5) is 10.8. The minimum absolute atomic E-state index is 0.0106. The normalized spacial score (nSPS) is 25.8. The van der Waals surface area contributed by atoms with Crippen molar-refractivity contribution in [3.63, 3.8) is 0 Å². The molecule has 0 spiro atoms. The van der Waals surface area contributed by atoms with E-state index >= 15 is 0 Å². The second-order valence-corrected chi connectivity index (χ2v) is 16.2.